The fraction of sp³-hybridized carbons (Fsp3) is 0.545. The van der Waals surface area contributed by atoms with Crippen molar-refractivity contribution in [3.63, 3.8) is 0 Å². The molecule has 102 valence electrons. The summed E-state index contributed by atoms with van der Waals surface area (Å²) in [6, 6.07) is -1.69. The maximum Gasteiger partial charge on any atom is 0.325 e. The van der Waals surface area contributed by atoms with E-state index in [0.29, 0.717) is 18.5 Å². The third-order valence-electron chi connectivity index (χ3n) is 2.90. The van der Waals surface area contributed by atoms with Crippen molar-refractivity contribution >= 4 is 18.1 Å². The number of alkyl halides is 2. The molecule has 0 spiro atoms. The van der Waals surface area contributed by atoms with Crippen LogP contribution in [0.4, 0.5) is 18.9 Å². The lowest BCUT2D eigenvalue weighted by Crippen LogP contribution is -2.46. The van der Waals surface area contributed by atoms with Gasteiger partial charge in [0.15, 0.2) is 5.82 Å². The highest BCUT2D eigenvalue weighted by Gasteiger charge is 2.40. The number of aromatic nitrogens is 1. The maximum absolute atomic E-state index is 13.7. The number of nitrogens with zero attached hydrogens (tertiary/aromatic N) is 2. The van der Waals surface area contributed by atoms with Gasteiger partial charge in [-0.1, -0.05) is 0 Å². The molecule has 3 nitrogen and oxygen atoms in total. The van der Waals surface area contributed by atoms with Crippen molar-refractivity contribution in [2.45, 2.75) is 31.9 Å². The third kappa shape index (κ3) is 2.87. The molecule has 1 saturated heterocycles. The van der Waals surface area contributed by atoms with Gasteiger partial charge >= 0.3 is 6.05 Å². The van der Waals surface area contributed by atoms with Gasteiger partial charge in [-0.25, -0.2) is 4.39 Å². The van der Waals surface area contributed by atoms with Gasteiger partial charge < -0.3 is 10.6 Å². The van der Waals surface area contributed by atoms with Crippen LogP contribution in [0.1, 0.15) is 25.0 Å². The maximum atomic E-state index is 13.7. The topological polar surface area (TPSA) is 42.1 Å². The number of piperidine rings is 1. The van der Waals surface area contributed by atoms with Crippen molar-refractivity contribution in [1.29, 1.82) is 0 Å². The van der Waals surface area contributed by atoms with E-state index in [9.17, 15) is 13.2 Å². The highest BCUT2D eigenvalue weighted by molar-refractivity contribution is 5.85. The second-order valence-corrected chi connectivity index (χ2v) is 4.11. The average Bonchev–Trinajstić information content (AvgIpc) is 2.30. The first-order valence-electron chi connectivity index (χ1n) is 5.54. The molecule has 1 aromatic rings. The van der Waals surface area contributed by atoms with Crippen LogP contribution in [-0.2, 0) is 6.54 Å². The zero-order chi connectivity index (χ0) is 12.5. The minimum atomic E-state index is -2.99. The van der Waals surface area contributed by atoms with Gasteiger partial charge in [-0.2, -0.15) is 8.78 Å². The average molecular weight is 282 g/mol. The summed E-state index contributed by atoms with van der Waals surface area (Å²) in [4.78, 5) is 4.54. The van der Waals surface area contributed by atoms with Gasteiger partial charge in [0.1, 0.15) is 0 Å². The fourth-order valence-electron chi connectivity index (χ4n) is 1.99. The monoisotopic (exact) mass is 281 g/mol. The molecule has 2 N–H and O–H groups in total. The highest BCUT2D eigenvalue weighted by Crippen LogP contribution is 2.36. The first kappa shape index (κ1) is 15.0. The number of rotatable bonds is 2. The van der Waals surface area contributed by atoms with Crippen molar-refractivity contribution < 1.29 is 13.2 Å². The standard InChI is InChI=1S/C11H14F3N3.ClH/c12-9-7-16-8(6-15)5-10(9)17-4-2-1-3-11(17,13)14;/h5,7H,1-4,6,15H2;1H. The van der Waals surface area contributed by atoms with Crippen LogP contribution in [0.25, 0.3) is 0 Å². The molecule has 1 aliphatic heterocycles. The second-order valence-electron chi connectivity index (χ2n) is 4.11. The van der Waals surface area contributed by atoms with Crippen LogP contribution in [0.2, 0.25) is 0 Å². The number of nitrogens with two attached hydrogens (primary N) is 1. The Hall–Kier alpha value is -1.01. The Labute approximate surface area is 110 Å². The number of anilines is 1. The van der Waals surface area contributed by atoms with Crippen molar-refractivity contribution in [2.24, 2.45) is 5.73 Å². The smallest absolute Gasteiger partial charge is 0.325 e. The lowest BCUT2D eigenvalue weighted by molar-refractivity contribution is -0.0254. The van der Waals surface area contributed by atoms with Gasteiger partial charge in [0.25, 0.3) is 0 Å². The quantitative estimate of drug-likeness (QED) is 0.848. The van der Waals surface area contributed by atoms with E-state index in [1.807, 2.05) is 0 Å². The molecule has 0 atom stereocenters. The molecule has 0 saturated carbocycles. The Morgan fingerprint density at radius 3 is 2.72 bits per heavy atom. The Kier molecular flexibility index (Phi) is 4.81. The van der Waals surface area contributed by atoms with Crippen molar-refractivity contribution in [2.75, 3.05) is 11.4 Å². The zero-order valence-electron chi connectivity index (χ0n) is 9.70. The van der Waals surface area contributed by atoms with Crippen molar-refractivity contribution in [1.82, 2.24) is 4.98 Å². The first-order chi connectivity index (χ1) is 8.04. The van der Waals surface area contributed by atoms with Gasteiger partial charge in [-0.05, 0) is 18.9 Å². The Balaban J connectivity index is 0.00000162. The number of pyridine rings is 1. The molecule has 0 unspecified atom stereocenters. The molecule has 1 aliphatic rings. The highest BCUT2D eigenvalue weighted by atomic mass is 35.5. The van der Waals surface area contributed by atoms with Crippen LogP contribution in [-0.4, -0.2) is 17.6 Å². The molecule has 0 aliphatic carbocycles. The molecule has 0 aromatic carbocycles. The van der Waals surface area contributed by atoms with Gasteiger partial charge in [-0.3, -0.25) is 4.98 Å². The predicted molar refractivity (Wildman–Crippen MR) is 65.5 cm³/mol. The first-order valence-corrected chi connectivity index (χ1v) is 5.54. The van der Waals surface area contributed by atoms with Crippen LogP contribution in [0.5, 0.6) is 0 Å². The molecule has 0 bridgehead atoms. The summed E-state index contributed by atoms with van der Waals surface area (Å²) < 4.78 is 40.9. The zero-order valence-corrected chi connectivity index (χ0v) is 10.5. The largest absolute Gasteiger partial charge is 0.325 e. The van der Waals surface area contributed by atoms with Gasteiger partial charge in [0.05, 0.1) is 17.6 Å². The fourth-order valence-corrected chi connectivity index (χ4v) is 1.99. The van der Waals surface area contributed by atoms with Crippen LogP contribution in [0.3, 0.4) is 0 Å². The minimum absolute atomic E-state index is 0. The van der Waals surface area contributed by atoms with E-state index in [0.717, 1.165) is 11.1 Å². The normalized spacial score (nSPS) is 18.3. The molecule has 1 fully saturated rings. The van der Waals surface area contributed by atoms with E-state index >= 15 is 0 Å². The van der Waals surface area contributed by atoms with Crippen LogP contribution in [0.15, 0.2) is 12.3 Å². The summed E-state index contributed by atoms with van der Waals surface area (Å²) in [6.45, 7) is 0.255. The molecular formula is C11H15ClF3N3. The van der Waals surface area contributed by atoms with E-state index in [2.05, 4.69) is 4.98 Å². The minimum Gasteiger partial charge on any atom is -0.325 e. The molecule has 1 aromatic heterocycles. The molecule has 0 radical (unpaired) electrons. The molecule has 18 heavy (non-hydrogen) atoms. The van der Waals surface area contributed by atoms with E-state index in [1.165, 1.54) is 6.07 Å². The van der Waals surface area contributed by atoms with E-state index in [-0.39, 0.29) is 37.6 Å². The van der Waals surface area contributed by atoms with Gasteiger partial charge in [0.2, 0.25) is 0 Å². The predicted octanol–water partition coefficient (Wildman–Crippen LogP) is 2.68. The molecule has 0 amide bonds. The van der Waals surface area contributed by atoms with Crippen LogP contribution in [0, 0.1) is 5.82 Å². The van der Waals surface area contributed by atoms with Gasteiger partial charge in [-0.15, -0.1) is 12.4 Å². The molecule has 2 rings (SSSR count). The summed E-state index contributed by atoms with van der Waals surface area (Å²) in [7, 11) is 0. The molecular weight excluding hydrogens is 267 g/mol. The van der Waals surface area contributed by atoms with Crippen LogP contribution >= 0.6 is 12.4 Å². The summed E-state index contributed by atoms with van der Waals surface area (Å²) in [6.07, 6.45) is 1.80. The van der Waals surface area contributed by atoms with Crippen LogP contribution < -0.4 is 10.6 Å². The summed E-state index contributed by atoms with van der Waals surface area (Å²) in [5, 5.41) is 0. The molecule has 7 heteroatoms. The molecule has 2 heterocycles. The van der Waals surface area contributed by atoms with E-state index in [1.54, 1.807) is 0 Å². The Morgan fingerprint density at radius 1 is 1.39 bits per heavy atom. The van der Waals surface area contributed by atoms with E-state index < -0.39 is 11.9 Å². The lowest BCUT2D eigenvalue weighted by Gasteiger charge is -2.37. The SMILES string of the molecule is Cl.NCc1cc(N2CCCCC2(F)F)c(F)cn1. The van der Waals surface area contributed by atoms with Crippen molar-refractivity contribution in [3.05, 3.63) is 23.8 Å². The Morgan fingerprint density at radius 2 is 2.11 bits per heavy atom. The van der Waals surface area contributed by atoms with Crippen molar-refractivity contribution in [3.8, 4) is 0 Å². The summed E-state index contributed by atoms with van der Waals surface area (Å²) in [5.74, 6) is -0.733. The number of halogens is 4. The van der Waals surface area contributed by atoms with Gasteiger partial charge in [0, 0.05) is 19.5 Å². The van der Waals surface area contributed by atoms with E-state index in [4.69, 9.17) is 5.73 Å². The lowest BCUT2D eigenvalue weighted by atomic mass is 10.1. The summed E-state index contributed by atoms with van der Waals surface area (Å²) in [5.41, 5.74) is 5.67. The summed E-state index contributed by atoms with van der Waals surface area (Å²) >= 11 is 0. The number of hydrogen-bond donors (Lipinski definition) is 1. The Bertz CT molecular complexity index is 415. The number of hydrogen-bond acceptors (Lipinski definition) is 3. The third-order valence-corrected chi connectivity index (χ3v) is 2.90. The second kappa shape index (κ2) is 5.75.